The van der Waals surface area contributed by atoms with E-state index in [1.807, 2.05) is 29.2 Å². The smallest absolute Gasteiger partial charge is 0.267 e. The molecule has 31 heavy (non-hydrogen) atoms. The number of para-hydroxylation sites is 1. The molecule has 3 heterocycles. The summed E-state index contributed by atoms with van der Waals surface area (Å²) in [5.74, 6) is 1.00. The fourth-order valence-corrected chi connectivity index (χ4v) is 4.93. The molecule has 0 radical (unpaired) electrons. The highest BCUT2D eigenvalue weighted by atomic mass is 16.5. The number of aromatic nitrogens is 2. The second-order valence-electron chi connectivity index (χ2n) is 8.87. The molecule has 2 aromatic rings. The molecular formula is C24H30N4O3. The summed E-state index contributed by atoms with van der Waals surface area (Å²) >= 11 is 0. The van der Waals surface area contributed by atoms with E-state index in [2.05, 4.69) is 10.00 Å². The largest absolute Gasteiger partial charge is 0.492 e. The van der Waals surface area contributed by atoms with E-state index in [0.29, 0.717) is 13.2 Å². The third-order valence-electron chi connectivity index (χ3n) is 6.81. The van der Waals surface area contributed by atoms with Gasteiger partial charge in [-0.3, -0.25) is 14.5 Å². The summed E-state index contributed by atoms with van der Waals surface area (Å²) in [6.45, 7) is 4.96. The van der Waals surface area contributed by atoms with E-state index in [9.17, 15) is 9.59 Å². The van der Waals surface area contributed by atoms with Crippen LogP contribution in [0.15, 0.2) is 35.1 Å². The Bertz CT molecular complexity index is 1010. The maximum Gasteiger partial charge on any atom is 0.267 e. The summed E-state index contributed by atoms with van der Waals surface area (Å²) in [4.78, 5) is 29.7. The second kappa shape index (κ2) is 8.83. The van der Waals surface area contributed by atoms with Crippen LogP contribution in [-0.4, -0.2) is 64.8 Å². The predicted molar refractivity (Wildman–Crippen MR) is 117 cm³/mol. The summed E-state index contributed by atoms with van der Waals surface area (Å²) in [6, 6.07) is 9.76. The zero-order valence-corrected chi connectivity index (χ0v) is 18.0. The molecule has 1 saturated heterocycles. The van der Waals surface area contributed by atoms with Crippen molar-refractivity contribution in [1.29, 1.82) is 0 Å². The minimum absolute atomic E-state index is 0.00652. The Balaban J connectivity index is 1.13. The first-order valence-corrected chi connectivity index (χ1v) is 11.5. The van der Waals surface area contributed by atoms with Crippen molar-refractivity contribution in [3.8, 4) is 5.75 Å². The molecule has 1 aromatic carbocycles. The molecule has 2 aliphatic heterocycles. The van der Waals surface area contributed by atoms with Gasteiger partial charge in [0, 0.05) is 38.8 Å². The van der Waals surface area contributed by atoms with Crippen molar-refractivity contribution in [2.75, 3.05) is 39.3 Å². The minimum atomic E-state index is -0.0975. The van der Waals surface area contributed by atoms with E-state index in [-0.39, 0.29) is 17.4 Å². The van der Waals surface area contributed by atoms with Crippen LogP contribution in [0.25, 0.3) is 0 Å². The molecule has 1 amide bonds. The third kappa shape index (κ3) is 4.37. The topological polar surface area (TPSA) is 67.7 Å². The van der Waals surface area contributed by atoms with Crippen LogP contribution in [-0.2, 0) is 30.6 Å². The van der Waals surface area contributed by atoms with Crippen molar-refractivity contribution in [3.63, 3.8) is 0 Å². The van der Waals surface area contributed by atoms with Gasteiger partial charge in [0.2, 0.25) is 5.91 Å². The van der Waals surface area contributed by atoms with E-state index in [1.54, 1.807) is 10.7 Å². The molecule has 0 spiro atoms. The van der Waals surface area contributed by atoms with Crippen LogP contribution < -0.4 is 10.3 Å². The van der Waals surface area contributed by atoms with Crippen LogP contribution in [0.3, 0.4) is 0 Å². The fraction of sp³-hybridized carbons (Fsp3) is 0.542. The number of fused-ring (bicyclic) bond motifs is 2. The van der Waals surface area contributed by atoms with Gasteiger partial charge in [0.15, 0.2) is 0 Å². The fourth-order valence-electron chi connectivity index (χ4n) is 4.93. The molecule has 1 fully saturated rings. The molecule has 0 bridgehead atoms. The molecule has 1 aliphatic carbocycles. The Kier molecular flexibility index (Phi) is 5.76. The molecule has 0 saturated carbocycles. The van der Waals surface area contributed by atoms with Crippen molar-refractivity contribution < 1.29 is 9.53 Å². The standard InChI is InChI=1S/C24H30N4O3/c29-23-16-18-5-1-3-7-21(18)25-28(23)14-11-26-9-12-27(13-10-26)24(30)20-15-19-6-2-4-8-22(19)31-17-20/h2,4,6,8,16,20H,1,3,5,7,9-15,17H2. The summed E-state index contributed by atoms with van der Waals surface area (Å²) in [6.07, 6.45) is 5.02. The number of aryl methyl sites for hydroxylation is 2. The molecule has 1 unspecified atom stereocenters. The number of rotatable bonds is 4. The van der Waals surface area contributed by atoms with E-state index < -0.39 is 0 Å². The lowest BCUT2D eigenvalue weighted by Gasteiger charge is -2.37. The van der Waals surface area contributed by atoms with Crippen molar-refractivity contribution >= 4 is 5.91 Å². The average molecular weight is 423 g/mol. The monoisotopic (exact) mass is 422 g/mol. The Morgan fingerprint density at radius 2 is 1.84 bits per heavy atom. The van der Waals surface area contributed by atoms with Crippen molar-refractivity contribution in [1.82, 2.24) is 19.6 Å². The highest BCUT2D eigenvalue weighted by molar-refractivity contribution is 5.80. The maximum atomic E-state index is 13.0. The average Bonchev–Trinajstić information content (AvgIpc) is 2.82. The van der Waals surface area contributed by atoms with Gasteiger partial charge < -0.3 is 9.64 Å². The lowest BCUT2D eigenvalue weighted by atomic mass is 9.95. The Labute approximate surface area is 182 Å². The highest BCUT2D eigenvalue weighted by Gasteiger charge is 2.31. The number of hydrogen-bond acceptors (Lipinski definition) is 5. The van der Waals surface area contributed by atoms with Crippen LogP contribution in [0.5, 0.6) is 5.75 Å². The highest BCUT2D eigenvalue weighted by Crippen LogP contribution is 2.28. The minimum Gasteiger partial charge on any atom is -0.492 e. The van der Waals surface area contributed by atoms with Gasteiger partial charge in [-0.15, -0.1) is 0 Å². The second-order valence-corrected chi connectivity index (χ2v) is 8.87. The number of hydrogen-bond donors (Lipinski definition) is 0. The zero-order valence-electron chi connectivity index (χ0n) is 18.0. The molecule has 5 rings (SSSR count). The van der Waals surface area contributed by atoms with Gasteiger partial charge in [0.1, 0.15) is 12.4 Å². The van der Waals surface area contributed by atoms with E-state index in [0.717, 1.165) is 87.4 Å². The molecule has 7 heteroatoms. The number of nitrogens with zero attached hydrogens (tertiary/aromatic N) is 4. The van der Waals surface area contributed by atoms with Crippen LogP contribution in [0.4, 0.5) is 0 Å². The summed E-state index contributed by atoms with van der Waals surface area (Å²) in [5.41, 5.74) is 3.35. The van der Waals surface area contributed by atoms with E-state index in [1.165, 1.54) is 0 Å². The predicted octanol–water partition coefficient (Wildman–Crippen LogP) is 1.52. The quantitative estimate of drug-likeness (QED) is 0.747. The molecule has 0 N–H and O–H groups in total. The van der Waals surface area contributed by atoms with Gasteiger partial charge in [-0.1, -0.05) is 18.2 Å². The van der Waals surface area contributed by atoms with Gasteiger partial charge >= 0.3 is 0 Å². The first-order chi connectivity index (χ1) is 15.2. The van der Waals surface area contributed by atoms with Gasteiger partial charge in [0.25, 0.3) is 5.56 Å². The number of benzene rings is 1. The maximum absolute atomic E-state index is 13.0. The van der Waals surface area contributed by atoms with Crippen molar-refractivity contribution in [2.45, 2.75) is 38.6 Å². The number of carbonyl (C=O) groups is 1. The van der Waals surface area contributed by atoms with Crippen LogP contribution in [0, 0.1) is 5.92 Å². The van der Waals surface area contributed by atoms with Gasteiger partial charge in [-0.25, -0.2) is 4.68 Å². The molecule has 3 aliphatic rings. The Morgan fingerprint density at radius 3 is 2.71 bits per heavy atom. The summed E-state index contributed by atoms with van der Waals surface area (Å²) < 4.78 is 7.43. The SMILES string of the molecule is O=C(C1COc2ccccc2C1)N1CCN(CCn2nc3c(cc2=O)CCCC3)CC1. The molecule has 1 atom stereocenters. The van der Waals surface area contributed by atoms with Crippen LogP contribution in [0.1, 0.15) is 29.7 Å². The van der Waals surface area contributed by atoms with Gasteiger partial charge in [0.05, 0.1) is 18.2 Å². The lowest BCUT2D eigenvalue weighted by Crippen LogP contribution is -2.52. The van der Waals surface area contributed by atoms with Crippen LogP contribution in [0.2, 0.25) is 0 Å². The molecule has 164 valence electrons. The molecular weight excluding hydrogens is 392 g/mol. The van der Waals surface area contributed by atoms with Gasteiger partial charge in [-0.05, 0) is 49.3 Å². The lowest BCUT2D eigenvalue weighted by molar-refractivity contribution is -0.138. The van der Waals surface area contributed by atoms with Crippen molar-refractivity contribution in [2.24, 2.45) is 5.92 Å². The number of piperazine rings is 1. The van der Waals surface area contributed by atoms with E-state index >= 15 is 0 Å². The molecule has 1 aromatic heterocycles. The van der Waals surface area contributed by atoms with Crippen LogP contribution >= 0.6 is 0 Å². The number of carbonyl (C=O) groups excluding carboxylic acids is 1. The first-order valence-electron chi connectivity index (χ1n) is 11.5. The third-order valence-corrected chi connectivity index (χ3v) is 6.81. The first kappa shape index (κ1) is 20.2. The molecule has 7 nitrogen and oxygen atoms in total. The zero-order chi connectivity index (χ0) is 21.2. The van der Waals surface area contributed by atoms with E-state index in [4.69, 9.17) is 4.74 Å². The Morgan fingerprint density at radius 1 is 1.03 bits per heavy atom. The Hall–Kier alpha value is -2.67. The van der Waals surface area contributed by atoms with Gasteiger partial charge in [-0.2, -0.15) is 5.10 Å². The van der Waals surface area contributed by atoms with Crippen molar-refractivity contribution in [3.05, 3.63) is 57.5 Å². The number of amides is 1. The summed E-state index contributed by atoms with van der Waals surface area (Å²) in [7, 11) is 0. The number of ether oxygens (including phenoxy) is 1. The summed E-state index contributed by atoms with van der Waals surface area (Å²) in [5, 5.41) is 4.62. The normalized spacial score (nSPS) is 21.2.